The van der Waals surface area contributed by atoms with Gasteiger partial charge in [-0.3, -0.25) is 0 Å². The number of nitrogens with one attached hydrogen (secondary N) is 1. The van der Waals surface area contributed by atoms with Crippen LogP contribution in [0.5, 0.6) is 11.6 Å². The van der Waals surface area contributed by atoms with Crippen LogP contribution >= 0.6 is 11.6 Å². The number of benzene rings is 3. The van der Waals surface area contributed by atoms with E-state index in [1.807, 2.05) is 43.3 Å². The Labute approximate surface area is 208 Å². The Kier molecular flexibility index (Phi) is 7.20. The quantitative estimate of drug-likeness (QED) is 0.304. The predicted molar refractivity (Wildman–Crippen MR) is 136 cm³/mol. The molecule has 10 heteroatoms. The zero-order chi connectivity index (χ0) is 25.0. The molecule has 180 valence electrons. The van der Waals surface area contributed by atoms with Crippen LogP contribution < -0.4 is 15.2 Å². The molecule has 0 amide bonds. The van der Waals surface area contributed by atoms with Crippen LogP contribution in [-0.2, 0) is 21.4 Å². The molecule has 0 aliphatic carbocycles. The van der Waals surface area contributed by atoms with E-state index >= 15 is 0 Å². The first-order chi connectivity index (χ1) is 16.8. The number of nitrogen functional groups attached to an aromatic ring is 1. The summed E-state index contributed by atoms with van der Waals surface area (Å²) in [5.74, 6) is 0.356. The van der Waals surface area contributed by atoms with E-state index in [9.17, 15) is 8.42 Å². The molecular formula is C25H23ClN4O4S. The molecule has 8 nitrogen and oxygen atoms in total. The van der Waals surface area contributed by atoms with E-state index in [0.717, 1.165) is 16.7 Å². The van der Waals surface area contributed by atoms with E-state index in [-0.39, 0.29) is 16.7 Å². The Morgan fingerprint density at radius 2 is 1.77 bits per heavy atom. The number of methoxy groups -OCH3 is 1. The second-order valence-corrected chi connectivity index (χ2v) is 9.76. The molecule has 0 fully saturated rings. The highest BCUT2D eigenvalue weighted by atomic mass is 35.5. The van der Waals surface area contributed by atoms with Crippen molar-refractivity contribution in [2.75, 3.05) is 17.6 Å². The van der Waals surface area contributed by atoms with Crippen LogP contribution in [0.15, 0.2) is 77.7 Å². The molecule has 1 heterocycles. The molecular weight excluding hydrogens is 488 g/mol. The van der Waals surface area contributed by atoms with Crippen molar-refractivity contribution in [2.24, 2.45) is 0 Å². The number of nitrogens with two attached hydrogens (primary N) is 1. The van der Waals surface area contributed by atoms with Crippen LogP contribution in [0.3, 0.4) is 0 Å². The minimum Gasteiger partial charge on any atom is -0.437 e. The number of hydrogen-bond acceptors (Lipinski definition) is 7. The largest absolute Gasteiger partial charge is 0.437 e. The van der Waals surface area contributed by atoms with Gasteiger partial charge in [0.25, 0.3) is 10.0 Å². The van der Waals surface area contributed by atoms with E-state index in [2.05, 4.69) is 14.7 Å². The lowest BCUT2D eigenvalue weighted by atomic mass is 10.0. The van der Waals surface area contributed by atoms with Crippen LogP contribution in [0.1, 0.15) is 11.1 Å². The molecule has 0 aliphatic rings. The van der Waals surface area contributed by atoms with Crippen LogP contribution in [0.2, 0.25) is 5.02 Å². The Morgan fingerprint density at radius 3 is 2.51 bits per heavy atom. The van der Waals surface area contributed by atoms with Gasteiger partial charge in [0.2, 0.25) is 11.8 Å². The van der Waals surface area contributed by atoms with Crippen molar-refractivity contribution in [3.63, 3.8) is 0 Å². The van der Waals surface area contributed by atoms with Gasteiger partial charge < -0.3 is 15.2 Å². The van der Waals surface area contributed by atoms with Crippen LogP contribution in [0.4, 0.5) is 11.6 Å². The molecule has 35 heavy (non-hydrogen) atoms. The van der Waals surface area contributed by atoms with Gasteiger partial charge in [0, 0.05) is 24.4 Å². The highest BCUT2D eigenvalue weighted by molar-refractivity contribution is 7.92. The molecule has 1 aromatic heterocycles. The maximum Gasteiger partial charge on any atom is 0.264 e. The van der Waals surface area contributed by atoms with Gasteiger partial charge in [-0.05, 0) is 42.3 Å². The Balaban J connectivity index is 1.82. The van der Waals surface area contributed by atoms with Gasteiger partial charge >= 0.3 is 0 Å². The normalized spacial score (nSPS) is 11.3. The number of nitrogens with zero attached hydrogens (tertiary/aromatic N) is 2. The average molecular weight is 511 g/mol. The predicted octanol–water partition coefficient (Wildman–Crippen LogP) is 5.43. The van der Waals surface area contributed by atoms with Crippen LogP contribution in [-0.4, -0.2) is 25.5 Å². The van der Waals surface area contributed by atoms with Crippen molar-refractivity contribution in [3.8, 4) is 22.9 Å². The van der Waals surface area contributed by atoms with E-state index in [1.165, 1.54) is 12.1 Å². The summed E-state index contributed by atoms with van der Waals surface area (Å²) in [7, 11) is -2.43. The number of ether oxygens (including phenoxy) is 2. The number of rotatable bonds is 8. The molecule has 4 rings (SSSR count). The Morgan fingerprint density at radius 1 is 1.00 bits per heavy atom. The summed E-state index contributed by atoms with van der Waals surface area (Å²) in [5, 5.41) is 0.395. The van der Waals surface area contributed by atoms with Crippen LogP contribution in [0.25, 0.3) is 11.3 Å². The van der Waals surface area contributed by atoms with Gasteiger partial charge in [-0.2, -0.15) is 4.98 Å². The maximum absolute atomic E-state index is 13.0. The van der Waals surface area contributed by atoms with E-state index in [0.29, 0.717) is 28.8 Å². The van der Waals surface area contributed by atoms with Gasteiger partial charge in [-0.25, -0.2) is 18.1 Å². The van der Waals surface area contributed by atoms with Gasteiger partial charge in [-0.1, -0.05) is 54.1 Å². The number of anilines is 2. The second kappa shape index (κ2) is 10.3. The fourth-order valence-electron chi connectivity index (χ4n) is 3.42. The van der Waals surface area contributed by atoms with Crippen molar-refractivity contribution in [1.29, 1.82) is 0 Å². The first-order valence-corrected chi connectivity index (χ1v) is 12.4. The summed E-state index contributed by atoms with van der Waals surface area (Å²) in [5.41, 5.74) is 8.91. The number of aromatic nitrogens is 2. The van der Waals surface area contributed by atoms with Crippen molar-refractivity contribution in [1.82, 2.24) is 9.97 Å². The molecule has 0 aliphatic heterocycles. The molecule has 4 aromatic rings. The van der Waals surface area contributed by atoms with Gasteiger partial charge in [0.1, 0.15) is 0 Å². The Bertz CT molecular complexity index is 1460. The van der Waals surface area contributed by atoms with Crippen molar-refractivity contribution in [3.05, 3.63) is 88.9 Å². The SMILES string of the molecule is COCc1ccccc1-c1cc(Oc2c(C)cccc2Cl)nc(NS(=O)(=O)c2cccc(N)c2)n1. The maximum atomic E-state index is 13.0. The van der Waals surface area contributed by atoms with Gasteiger partial charge in [-0.15, -0.1) is 0 Å². The highest BCUT2D eigenvalue weighted by Gasteiger charge is 2.19. The summed E-state index contributed by atoms with van der Waals surface area (Å²) in [6.45, 7) is 2.19. The molecule has 0 bridgehead atoms. The number of sulfonamides is 1. The third-order valence-electron chi connectivity index (χ3n) is 5.06. The number of aryl methyl sites for hydroxylation is 1. The van der Waals surface area contributed by atoms with E-state index in [4.69, 9.17) is 26.8 Å². The summed E-state index contributed by atoms with van der Waals surface area (Å²) in [4.78, 5) is 8.75. The summed E-state index contributed by atoms with van der Waals surface area (Å²) in [6.07, 6.45) is 0. The highest BCUT2D eigenvalue weighted by Crippen LogP contribution is 2.34. The summed E-state index contributed by atoms with van der Waals surface area (Å²) >= 11 is 6.34. The topological polar surface area (TPSA) is 116 Å². The smallest absolute Gasteiger partial charge is 0.264 e. The fourth-order valence-corrected chi connectivity index (χ4v) is 4.68. The number of para-hydroxylation sites is 1. The zero-order valence-corrected chi connectivity index (χ0v) is 20.6. The van der Waals surface area contributed by atoms with Crippen molar-refractivity contribution in [2.45, 2.75) is 18.4 Å². The Hall–Kier alpha value is -3.66. The first kappa shape index (κ1) is 24.5. The first-order valence-electron chi connectivity index (χ1n) is 10.5. The molecule has 0 radical (unpaired) electrons. The fraction of sp³-hybridized carbons (Fsp3) is 0.120. The van der Waals surface area contributed by atoms with E-state index < -0.39 is 10.0 Å². The average Bonchev–Trinajstić information content (AvgIpc) is 2.82. The standard InChI is InChI=1S/C25H23ClN4O4S/c1-16-7-5-12-21(26)24(16)34-23-14-22(20-11-4-3-8-17(20)15-33-2)28-25(29-23)30-35(31,32)19-10-6-9-18(27)13-19/h3-14H,15,27H2,1-2H3,(H,28,29,30). The molecule has 0 saturated carbocycles. The monoisotopic (exact) mass is 510 g/mol. The summed E-state index contributed by atoms with van der Waals surface area (Å²) in [6, 6.07) is 20.4. The minimum absolute atomic E-state index is 0.0179. The molecule has 0 unspecified atom stereocenters. The second-order valence-electron chi connectivity index (χ2n) is 7.67. The molecule has 0 atom stereocenters. The lowest BCUT2D eigenvalue weighted by Gasteiger charge is -2.14. The summed E-state index contributed by atoms with van der Waals surface area (Å²) < 4.78 is 39.8. The third kappa shape index (κ3) is 5.71. The molecule has 0 saturated heterocycles. The van der Waals surface area contributed by atoms with Crippen LogP contribution in [0, 0.1) is 6.92 Å². The minimum atomic E-state index is -4.02. The number of halogens is 1. The van der Waals surface area contributed by atoms with E-state index in [1.54, 1.807) is 31.4 Å². The lowest BCUT2D eigenvalue weighted by molar-refractivity contribution is 0.185. The third-order valence-corrected chi connectivity index (χ3v) is 6.68. The van der Waals surface area contributed by atoms with Gasteiger partial charge in [0.05, 0.1) is 22.2 Å². The zero-order valence-electron chi connectivity index (χ0n) is 19.0. The molecule has 3 N–H and O–H groups in total. The van der Waals surface area contributed by atoms with Crippen molar-refractivity contribution < 1.29 is 17.9 Å². The lowest BCUT2D eigenvalue weighted by Crippen LogP contribution is -2.16. The van der Waals surface area contributed by atoms with Crippen molar-refractivity contribution >= 4 is 33.3 Å². The molecule has 0 spiro atoms. The van der Waals surface area contributed by atoms with Gasteiger partial charge in [0.15, 0.2) is 5.75 Å². The molecule has 3 aromatic carbocycles. The number of hydrogen-bond donors (Lipinski definition) is 2.